The average molecular weight is 256 g/mol. The summed E-state index contributed by atoms with van der Waals surface area (Å²) in [4.78, 5) is 23.1. The molecule has 0 spiro atoms. The summed E-state index contributed by atoms with van der Waals surface area (Å²) in [6.07, 6.45) is 1.77. The summed E-state index contributed by atoms with van der Waals surface area (Å²) in [6.45, 7) is 0.177. The van der Waals surface area contributed by atoms with Crippen molar-refractivity contribution in [1.82, 2.24) is 8.97 Å². The summed E-state index contributed by atoms with van der Waals surface area (Å²) in [6, 6.07) is 11.0. The third-order valence-corrected chi connectivity index (χ3v) is 3.19. The molecule has 0 aliphatic carbocycles. The molecule has 0 atom stereocenters. The Morgan fingerprint density at radius 2 is 1.74 bits per heavy atom. The maximum Gasteiger partial charge on any atom is 0.305 e. The number of hydrogen-bond acceptors (Lipinski definition) is 2. The highest BCUT2D eigenvalue weighted by Gasteiger charge is 2.10. The van der Waals surface area contributed by atoms with Crippen LogP contribution < -0.4 is 5.56 Å². The lowest BCUT2D eigenvalue weighted by Crippen LogP contribution is -2.23. The van der Waals surface area contributed by atoms with E-state index in [9.17, 15) is 9.59 Å². The third-order valence-electron chi connectivity index (χ3n) is 3.19. The number of aromatic nitrogens is 2. The number of carboxylic acid groups (broad SMARTS) is 1. The Labute approximate surface area is 108 Å². The van der Waals surface area contributed by atoms with Gasteiger partial charge in [0, 0.05) is 12.7 Å². The van der Waals surface area contributed by atoms with E-state index in [1.165, 1.54) is 4.57 Å². The highest BCUT2D eigenvalue weighted by atomic mass is 16.4. The van der Waals surface area contributed by atoms with Crippen LogP contribution in [0, 0.1) is 0 Å². The number of carboxylic acids is 1. The Hall–Kier alpha value is -2.56. The lowest BCUT2D eigenvalue weighted by Gasteiger charge is -2.11. The fourth-order valence-corrected chi connectivity index (χ4v) is 2.34. The molecule has 3 aromatic rings. The zero-order chi connectivity index (χ0) is 13.4. The van der Waals surface area contributed by atoms with E-state index in [0.717, 1.165) is 11.0 Å². The van der Waals surface area contributed by atoms with Crippen LogP contribution in [0.2, 0.25) is 0 Å². The number of benzene rings is 1. The van der Waals surface area contributed by atoms with Gasteiger partial charge < -0.3 is 14.1 Å². The van der Waals surface area contributed by atoms with Gasteiger partial charge in [-0.2, -0.15) is 0 Å². The minimum atomic E-state index is -0.911. The summed E-state index contributed by atoms with van der Waals surface area (Å²) in [7, 11) is 0. The second kappa shape index (κ2) is 4.28. The zero-order valence-electron chi connectivity index (χ0n) is 10.1. The fraction of sp³-hybridized carbons (Fsp3) is 0.143. The molecule has 0 amide bonds. The number of aryl methyl sites for hydroxylation is 1. The van der Waals surface area contributed by atoms with Crippen molar-refractivity contribution in [2.45, 2.75) is 13.0 Å². The van der Waals surface area contributed by atoms with Crippen molar-refractivity contribution in [3.8, 4) is 0 Å². The van der Waals surface area contributed by atoms with E-state index in [4.69, 9.17) is 5.11 Å². The summed E-state index contributed by atoms with van der Waals surface area (Å²) >= 11 is 0. The van der Waals surface area contributed by atoms with E-state index in [1.807, 2.05) is 40.9 Å². The number of para-hydroxylation sites is 2. The predicted molar refractivity (Wildman–Crippen MR) is 71.4 cm³/mol. The number of rotatable bonds is 3. The molecule has 0 bridgehead atoms. The molecular weight excluding hydrogens is 244 g/mol. The van der Waals surface area contributed by atoms with Gasteiger partial charge >= 0.3 is 5.97 Å². The van der Waals surface area contributed by atoms with Crippen LogP contribution in [0.5, 0.6) is 0 Å². The Kier molecular flexibility index (Phi) is 2.59. The molecule has 1 aromatic carbocycles. The molecule has 0 fully saturated rings. The van der Waals surface area contributed by atoms with E-state index in [-0.39, 0.29) is 18.5 Å². The van der Waals surface area contributed by atoms with Gasteiger partial charge in [-0.3, -0.25) is 9.59 Å². The molecule has 0 aliphatic heterocycles. The molecule has 1 N–H and O–H groups in total. The average Bonchev–Trinajstić information content (AvgIpc) is 2.88. The molecular formula is C14H12N2O3. The quantitative estimate of drug-likeness (QED) is 0.776. The van der Waals surface area contributed by atoms with Crippen molar-refractivity contribution in [2.24, 2.45) is 0 Å². The lowest BCUT2D eigenvalue weighted by molar-refractivity contribution is -0.137. The normalized spacial score (nSPS) is 11.2. The number of hydrogen-bond donors (Lipinski definition) is 1. The molecule has 3 rings (SSSR count). The van der Waals surface area contributed by atoms with Crippen molar-refractivity contribution in [3.05, 3.63) is 52.9 Å². The van der Waals surface area contributed by atoms with E-state index in [0.29, 0.717) is 5.52 Å². The van der Waals surface area contributed by atoms with Crippen molar-refractivity contribution in [2.75, 3.05) is 0 Å². The van der Waals surface area contributed by atoms with Gasteiger partial charge in [0.25, 0.3) is 5.56 Å². The van der Waals surface area contributed by atoms with E-state index in [2.05, 4.69) is 0 Å². The fourth-order valence-electron chi connectivity index (χ4n) is 2.34. The van der Waals surface area contributed by atoms with Gasteiger partial charge in [0.2, 0.25) is 0 Å². The smallest absolute Gasteiger partial charge is 0.305 e. The first-order valence-electron chi connectivity index (χ1n) is 5.99. The van der Waals surface area contributed by atoms with Crippen molar-refractivity contribution < 1.29 is 9.90 Å². The number of aliphatic carboxylic acids is 1. The van der Waals surface area contributed by atoms with Crippen LogP contribution in [0.3, 0.4) is 0 Å². The first-order valence-corrected chi connectivity index (χ1v) is 5.99. The third kappa shape index (κ3) is 1.79. The van der Waals surface area contributed by atoms with E-state index in [1.54, 1.807) is 6.07 Å². The maximum atomic E-state index is 12.4. The van der Waals surface area contributed by atoms with Crippen LogP contribution in [0.25, 0.3) is 16.6 Å². The molecule has 2 aromatic heterocycles. The molecule has 0 unspecified atom stereocenters. The Morgan fingerprint density at radius 3 is 2.47 bits per heavy atom. The minimum absolute atomic E-state index is 0.0687. The molecule has 0 aliphatic rings. The van der Waals surface area contributed by atoms with Crippen molar-refractivity contribution in [3.63, 3.8) is 0 Å². The SMILES string of the molecule is O=C(O)CCn1c(=O)c2cccn2c2ccccc21. The van der Waals surface area contributed by atoms with Gasteiger partial charge in [0.05, 0.1) is 17.5 Å². The monoisotopic (exact) mass is 256 g/mol. The molecule has 19 heavy (non-hydrogen) atoms. The molecule has 2 heterocycles. The van der Waals surface area contributed by atoms with Crippen molar-refractivity contribution in [1.29, 1.82) is 0 Å². The van der Waals surface area contributed by atoms with Gasteiger partial charge in [0.15, 0.2) is 0 Å². The molecule has 0 saturated carbocycles. The summed E-state index contributed by atoms with van der Waals surface area (Å²) < 4.78 is 3.35. The van der Waals surface area contributed by atoms with Crippen LogP contribution in [0.4, 0.5) is 0 Å². The van der Waals surface area contributed by atoms with E-state index >= 15 is 0 Å². The van der Waals surface area contributed by atoms with Gasteiger partial charge in [0.1, 0.15) is 5.52 Å². The second-order valence-electron chi connectivity index (χ2n) is 4.35. The van der Waals surface area contributed by atoms with Crippen LogP contribution in [-0.2, 0) is 11.3 Å². The van der Waals surface area contributed by atoms with Crippen LogP contribution in [0.15, 0.2) is 47.4 Å². The maximum absolute atomic E-state index is 12.4. The number of nitrogens with zero attached hydrogens (tertiary/aromatic N) is 2. The van der Waals surface area contributed by atoms with Crippen LogP contribution >= 0.6 is 0 Å². The summed E-state index contributed by atoms with van der Waals surface area (Å²) in [5.41, 5.74) is 2.04. The first kappa shape index (κ1) is 11.5. The minimum Gasteiger partial charge on any atom is -0.481 e. The topological polar surface area (TPSA) is 63.7 Å². The highest BCUT2D eigenvalue weighted by Crippen LogP contribution is 2.15. The second-order valence-corrected chi connectivity index (χ2v) is 4.35. The standard InChI is InChI=1S/C14H12N2O3/c17-13(18)7-9-16-11-5-2-1-4-10(11)15-8-3-6-12(15)14(16)19/h1-6,8H,7,9H2,(H,17,18). The number of carbonyl (C=O) groups is 1. The van der Waals surface area contributed by atoms with Gasteiger partial charge in [-0.1, -0.05) is 12.1 Å². The molecule has 5 nitrogen and oxygen atoms in total. The van der Waals surface area contributed by atoms with Crippen LogP contribution in [0.1, 0.15) is 6.42 Å². The Morgan fingerprint density at radius 1 is 1.05 bits per heavy atom. The van der Waals surface area contributed by atoms with Crippen molar-refractivity contribution >= 4 is 22.5 Å². The lowest BCUT2D eigenvalue weighted by atomic mass is 10.2. The summed E-state index contributed by atoms with van der Waals surface area (Å²) in [5.74, 6) is -0.911. The molecule has 5 heteroatoms. The van der Waals surface area contributed by atoms with Gasteiger partial charge in [-0.25, -0.2) is 0 Å². The summed E-state index contributed by atoms with van der Waals surface area (Å²) in [5, 5.41) is 8.79. The zero-order valence-corrected chi connectivity index (χ0v) is 10.1. The largest absolute Gasteiger partial charge is 0.481 e. The van der Waals surface area contributed by atoms with Gasteiger partial charge in [-0.05, 0) is 24.3 Å². The Balaban J connectivity index is 2.35. The number of fused-ring (bicyclic) bond motifs is 3. The first-order chi connectivity index (χ1) is 9.18. The highest BCUT2D eigenvalue weighted by molar-refractivity contribution is 5.79. The molecule has 96 valence electrons. The predicted octanol–water partition coefficient (Wildman–Crippen LogP) is 1.73. The van der Waals surface area contributed by atoms with E-state index < -0.39 is 5.97 Å². The Bertz CT molecular complexity index is 829. The molecule has 0 saturated heterocycles. The van der Waals surface area contributed by atoms with Crippen LogP contribution in [-0.4, -0.2) is 20.0 Å². The van der Waals surface area contributed by atoms with Gasteiger partial charge in [-0.15, -0.1) is 0 Å². The molecule has 0 radical (unpaired) electrons.